The second-order valence-electron chi connectivity index (χ2n) is 4.37. The molecule has 0 aliphatic heterocycles. The van der Waals surface area contributed by atoms with E-state index in [4.69, 9.17) is 0 Å². The Labute approximate surface area is 129 Å². The average molecular weight is 383 g/mol. The molecule has 100 valence electrons. The number of nitrogens with zero attached hydrogens (tertiary/aromatic N) is 1. The zero-order chi connectivity index (χ0) is 13.7. The van der Waals surface area contributed by atoms with Crippen molar-refractivity contribution in [3.8, 4) is 0 Å². The second-order valence-corrected chi connectivity index (χ2v) is 8.51. The molecular formula is C16H19NSe2. The fraction of sp³-hybridized carbons (Fsp3) is 0.312. The summed E-state index contributed by atoms with van der Waals surface area (Å²) in [6, 6.07) is 15.3. The van der Waals surface area contributed by atoms with Crippen LogP contribution in [0, 0.1) is 0 Å². The normalized spacial score (nSPS) is 10.6. The maximum absolute atomic E-state index is 3.27. The van der Waals surface area contributed by atoms with Crippen LogP contribution in [0.25, 0.3) is 10.8 Å². The molecule has 2 rings (SSSR count). The molecule has 19 heavy (non-hydrogen) atoms. The summed E-state index contributed by atoms with van der Waals surface area (Å²) < 4.78 is 1.44. The molecule has 0 saturated carbocycles. The van der Waals surface area contributed by atoms with E-state index in [1.54, 1.807) is 0 Å². The Kier molecular flexibility index (Phi) is 5.66. The first-order valence-electron chi connectivity index (χ1n) is 6.64. The molecule has 0 atom stereocenters. The summed E-state index contributed by atoms with van der Waals surface area (Å²) in [5, 5.41) is 3.91. The van der Waals surface area contributed by atoms with Crippen molar-refractivity contribution in [3.63, 3.8) is 0 Å². The van der Waals surface area contributed by atoms with Crippen molar-refractivity contribution in [2.45, 2.75) is 19.2 Å². The van der Waals surface area contributed by atoms with Gasteiger partial charge in [-0.25, -0.2) is 0 Å². The Morgan fingerprint density at radius 2 is 1.74 bits per heavy atom. The van der Waals surface area contributed by atoms with Crippen LogP contribution in [0.5, 0.6) is 0 Å². The van der Waals surface area contributed by atoms with Crippen LogP contribution in [0.4, 0.5) is 0 Å². The molecule has 0 N–H and O–H groups in total. The van der Waals surface area contributed by atoms with Crippen LogP contribution in [0.15, 0.2) is 42.5 Å². The molecule has 0 amide bonds. The summed E-state index contributed by atoms with van der Waals surface area (Å²) in [7, 11) is 0. The van der Waals surface area contributed by atoms with Crippen LogP contribution in [0.1, 0.15) is 19.4 Å². The predicted molar refractivity (Wildman–Crippen MR) is 87.1 cm³/mol. The Morgan fingerprint density at radius 1 is 1.05 bits per heavy atom. The van der Waals surface area contributed by atoms with E-state index < -0.39 is 0 Å². The molecule has 2 aromatic rings. The van der Waals surface area contributed by atoms with Gasteiger partial charge in [-0.05, 0) is 0 Å². The predicted octanol–water partition coefficient (Wildman–Crippen LogP) is 2.64. The molecule has 0 heterocycles. The zero-order valence-electron chi connectivity index (χ0n) is 11.4. The second kappa shape index (κ2) is 7.26. The molecule has 0 unspecified atom stereocenters. The third kappa shape index (κ3) is 3.70. The van der Waals surface area contributed by atoms with E-state index in [1.165, 1.54) is 19.8 Å². The summed E-state index contributed by atoms with van der Waals surface area (Å²) in [6.07, 6.45) is 0. The Morgan fingerprint density at radius 3 is 2.47 bits per heavy atom. The quantitative estimate of drug-likeness (QED) is 0.694. The Bertz CT molecular complexity index is 556. The van der Waals surface area contributed by atoms with Crippen molar-refractivity contribution >= 4 is 44.7 Å². The fourth-order valence-corrected chi connectivity index (χ4v) is 5.35. The van der Waals surface area contributed by atoms with E-state index in [0.717, 1.165) is 18.4 Å². The molecule has 0 radical (unpaired) electrons. The van der Waals surface area contributed by atoms with E-state index in [9.17, 15) is 0 Å². The monoisotopic (exact) mass is 385 g/mol. The van der Waals surface area contributed by atoms with Crippen LogP contribution in [0.3, 0.4) is 0 Å². The van der Waals surface area contributed by atoms with E-state index in [-0.39, 0.29) is 0 Å². The summed E-state index contributed by atoms with van der Waals surface area (Å²) in [5.41, 5.74) is 1.47. The maximum atomic E-state index is 3.27. The van der Waals surface area contributed by atoms with Gasteiger partial charge in [0.25, 0.3) is 0 Å². The van der Waals surface area contributed by atoms with E-state index >= 15 is 0 Å². The SMILES string of the molecule is CCN(CC)C(=[Se])[Se]Cc1cccc2ccccc12. The molecule has 0 aliphatic carbocycles. The molecule has 0 bridgehead atoms. The van der Waals surface area contributed by atoms with Gasteiger partial charge in [0.05, 0.1) is 0 Å². The Hall–Kier alpha value is -0.591. The average Bonchev–Trinajstić information content (AvgIpc) is 2.46. The van der Waals surface area contributed by atoms with Gasteiger partial charge in [-0.1, -0.05) is 0 Å². The number of benzene rings is 2. The zero-order valence-corrected chi connectivity index (χ0v) is 14.9. The van der Waals surface area contributed by atoms with E-state index in [2.05, 4.69) is 76.8 Å². The summed E-state index contributed by atoms with van der Waals surface area (Å²) >= 11 is 3.76. The van der Waals surface area contributed by atoms with Gasteiger partial charge in [-0.2, -0.15) is 0 Å². The van der Waals surface area contributed by atoms with Gasteiger partial charge < -0.3 is 0 Å². The summed E-state index contributed by atoms with van der Waals surface area (Å²) in [6.45, 7) is 6.62. The van der Waals surface area contributed by atoms with Crippen molar-refractivity contribution in [1.29, 1.82) is 0 Å². The van der Waals surface area contributed by atoms with Crippen LogP contribution in [0.2, 0.25) is 0 Å². The van der Waals surface area contributed by atoms with Gasteiger partial charge in [0.2, 0.25) is 0 Å². The first-order valence-corrected chi connectivity index (χ1v) is 9.57. The van der Waals surface area contributed by atoms with Crippen LogP contribution < -0.4 is 0 Å². The number of fused-ring (bicyclic) bond motifs is 1. The third-order valence-corrected chi connectivity index (χ3v) is 7.09. The first kappa shape index (κ1) is 14.8. The number of rotatable bonds is 6. The fourth-order valence-electron chi connectivity index (χ4n) is 2.13. The summed E-state index contributed by atoms with van der Waals surface area (Å²) in [4.78, 5) is 2.42. The minimum atomic E-state index is 0.496. The standard InChI is InChI=1S/C16H19NSe2/c1-3-17(4-2)16(18)19-12-14-10-7-9-13-8-5-6-11-15(13)14/h5-11H,3-4,12H2,1-2H3. The van der Waals surface area contributed by atoms with Crippen molar-refractivity contribution < 1.29 is 0 Å². The number of hydrogen-bond acceptors (Lipinski definition) is 1. The molecule has 0 spiro atoms. The van der Waals surface area contributed by atoms with E-state index in [0.29, 0.717) is 15.0 Å². The molecule has 3 heteroatoms. The van der Waals surface area contributed by atoms with Crippen molar-refractivity contribution in [2.75, 3.05) is 13.1 Å². The Balaban J connectivity index is 2.12. The van der Waals surface area contributed by atoms with Crippen LogP contribution in [-0.4, -0.2) is 52.0 Å². The summed E-state index contributed by atoms with van der Waals surface area (Å²) in [5.74, 6) is 0. The van der Waals surface area contributed by atoms with Gasteiger partial charge in [-0.15, -0.1) is 0 Å². The van der Waals surface area contributed by atoms with Crippen molar-refractivity contribution in [1.82, 2.24) is 4.90 Å². The van der Waals surface area contributed by atoms with Crippen LogP contribution in [-0.2, 0) is 5.32 Å². The third-order valence-electron chi connectivity index (χ3n) is 3.25. The van der Waals surface area contributed by atoms with Gasteiger partial charge in [-0.3, -0.25) is 0 Å². The van der Waals surface area contributed by atoms with Gasteiger partial charge in [0.1, 0.15) is 0 Å². The number of hydrogen-bond donors (Lipinski definition) is 0. The molecule has 0 fully saturated rings. The first-order chi connectivity index (χ1) is 9.26. The van der Waals surface area contributed by atoms with Crippen molar-refractivity contribution in [3.05, 3.63) is 48.0 Å². The van der Waals surface area contributed by atoms with Crippen LogP contribution >= 0.6 is 0 Å². The topological polar surface area (TPSA) is 3.24 Å². The molecule has 0 aromatic heterocycles. The van der Waals surface area contributed by atoms with Gasteiger partial charge >= 0.3 is 130 Å². The van der Waals surface area contributed by atoms with Gasteiger partial charge in [0.15, 0.2) is 0 Å². The van der Waals surface area contributed by atoms with E-state index in [1.807, 2.05) is 0 Å². The minimum absolute atomic E-state index is 0.496. The van der Waals surface area contributed by atoms with Crippen molar-refractivity contribution in [2.24, 2.45) is 0 Å². The molecular weight excluding hydrogens is 364 g/mol. The van der Waals surface area contributed by atoms with Gasteiger partial charge in [0, 0.05) is 0 Å². The molecule has 0 aliphatic rings. The molecule has 2 aromatic carbocycles. The molecule has 1 nitrogen and oxygen atoms in total. The molecule has 0 saturated heterocycles.